The van der Waals surface area contributed by atoms with Crippen LogP contribution in [0.1, 0.15) is 115 Å². The van der Waals surface area contributed by atoms with Crippen LogP contribution in [0.5, 0.6) is 0 Å². The second kappa shape index (κ2) is 20.8. The van der Waals surface area contributed by atoms with Gasteiger partial charge in [-0.3, -0.25) is 33.3 Å². The first-order valence-electron chi connectivity index (χ1n) is 24.5. The number of hydrogen-bond acceptors (Lipinski definition) is 8. The summed E-state index contributed by atoms with van der Waals surface area (Å²) in [4.78, 5) is 71.4. The number of aliphatic hydroxyl groups excluding tert-OH is 1. The van der Waals surface area contributed by atoms with E-state index in [0.29, 0.717) is 102 Å². The van der Waals surface area contributed by atoms with Gasteiger partial charge in [-0.05, 0) is 109 Å². The summed E-state index contributed by atoms with van der Waals surface area (Å²) in [5.74, 6) is 0.372. The average molecular weight is 943 g/mol. The fourth-order valence-electron chi connectivity index (χ4n) is 10.3. The number of para-hydroxylation sites is 2. The zero-order valence-electron chi connectivity index (χ0n) is 40.7. The SMILES string of the molecule is Cc1cc(C(=O)N2Cc3cnn(C)c3Cc3ccccc32)ccc1CCC(=O)N1CCC(=O)CC1.Cc1cc(C(=O)N2Cc3cnn(C)c3Cc3ccccc32)ccc1CCC(=O)N1CCC(O)CC1. The van der Waals surface area contributed by atoms with Crippen LogP contribution in [0.2, 0.25) is 0 Å². The number of nitrogens with zero attached hydrogens (tertiary/aromatic N) is 8. The molecule has 0 unspecified atom stereocenters. The van der Waals surface area contributed by atoms with E-state index in [0.717, 1.165) is 80.1 Å². The van der Waals surface area contributed by atoms with Crippen molar-refractivity contribution in [2.75, 3.05) is 36.0 Å². The molecule has 362 valence electrons. The molecule has 14 nitrogen and oxygen atoms in total. The number of piperidine rings is 2. The lowest BCUT2D eigenvalue weighted by molar-refractivity contribution is -0.135. The minimum Gasteiger partial charge on any atom is -0.393 e. The number of Topliss-reactive ketones (excluding diaryl/α,β-unsaturated/α-hetero) is 1. The van der Waals surface area contributed by atoms with E-state index in [-0.39, 0.29) is 35.5 Å². The number of aliphatic hydroxyl groups is 1. The Hall–Kier alpha value is -7.19. The summed E-state index contributed by atoms with van der Waals surface area (Å²) in [7, 11) is 3.89. The predicted molar refractivity (Wildman–Crippen MR) is 268 cm³/mol. The van der Waals surface area contributed by atoms with E-state index in [4.69, 9.17) is 0 Å². The van der Waals surface area contributed by atoms with Gasteiger partial charge in [0.1, 0.15) is 5.78 Å². The Morgan fingerprint density at radius 1 is 0.586 bits per heavy atom. The molecule has 0 radical (unpaired) electrons. The molecule has 10 rings (SSSR count). The van der Waals surface area contributed by atoms with E-state index < -0.39 is 0 Å². The Labute approximate surface area is 409 Å². The van der Waals surface area contributed by atoms with Crippen LogP contribution < -0.4 is 9.80 Å². The monoisotopic (exact) mass is 942 g/mol. The first-order chi connectivity index (χ1) is 33.8. The molecule has 4 aliphatic rings. The predicted octanol–water partition coefficient (Wildman–Crippen LogP) is 7.00. The lowest BCUT2D eigenvalue weighted by Crippen LogP contribution is -2.40. The molecule has 4 aliphatic heterocycles. The molecule has 6 aromatic rings. The highest BCUT2D eigenvalue weighted by atomic mass is 16.3. The van der Waals surface area contributed by atoms with Gasteiger partial charge in [0, 0.05) is 124 Å². The molecule has 0 atom stereocenters. The number of likely N-dealkylation sites (tertiary alicyclic amines) is 2. The molecule has 0 spiro atoms. The van der Waals surface area contributed by atoms with Gasteiger partial charge in [-0.1, -0.05) is 48.5 Å². The third-order valence-electron chi connectivity index (χ3n) is 14.6. The van der Waals surface area contributed by atoms with Crippen molar-refractivity contribution < 1.29 is 29.1 Å². The van der Waals surface area contributed by atoms with E-state index in [1.165, 1.54) is 0 Å². The van der Waals surface area contributed by atoms with Crippen molar-refractivity contribution in [1.82, 2.24) is 29.4 Å². The van der Waals surface area contributed by atoms with Gasteiger partial charge in [-0.15, -0.1) is 0 Å². The summed E-state index contributed by atoms with van der Waals surface area (Å²) in [6, 6.07) is 27.7. The minimum atomic E-state index is -0.285. The number of carbonyl (C=O) groups excluding carboxylic acids is 5. The summed E-state index contributed by atoms with van der Waals surface area (Å²) in [6.45, 7) is 7.27. The molecule has 2 aromatic heterocycles. The molecule has 4 aromatic carbocycles. The minimum absolute atomic E-state index is 0.0354. The van der Waals surface area contributed by atoms with Crippen molar-refractivity contribution >= 4 is 40.8 Å². The lowest BCUT2D eigenvalue weighted by Gasteiger charge is -2.29. The number of benzene rings is 4. The molecule has 2 fully saturated rings. The van der Waals surface area contributed by atoms with Crippen LogP contribution >= 0.6 is 0 Å². The van der Waals surface area contributed by atoms with E-state index >= 15 is 0 Å². The largest absolute Gasteiger partial charge is 0.393 e. The van der Waals surface area contributed by atoms with Gasteiger partial charge in [-0.25, -0.2) is 0 Å². The maximum atomic E-state index is 13.7. The van der Waals surface area contributed by atoms with Crippen LogP contribution in [-0.2, 0) is 67.3 Å². The van der Waals surface area contributed by atoms with Crippen LogP contribution in [-0.4, -0.2) is 96.2 Å². The Bertz CT molecular complexity index is 2950. The Morgan fingerprint density at radius 3 is 1.46 bits per heavy atom. The molecule has 0 saturated carbocycles. The van der Waals surface area contributed by atoms with Crippen molar-refractivity contribution in [3.8, 4) is 0 Å². The third kappa shape index (κ3) is 10.4. The molecule has 1 N–H and O–H groups in total. The van der Waals surface area contributed by atoms with E-state index in [9.17, 15) is 29.1 Å². The molecule has 14 heteroatoms. The van der Waals surface area contributed by atoms with Crippen molar-refractivity contribution in [2.45, 2.75) is 97.2 Å². The van der Waals surface area contributed by atoms with Gasteiger partial charge < -0.3 is 24.7 Å². The average Bonchev–Trinajstić information content (AvgIpc) is 3.76. The topological polar surface area (TPSA) is 154 Å². The summed E-state index contributed by atoms with van der Waals surface area (Å²) >= 11 is 0. The van der Waals surface area contributed by atoms with Crippen molar-refractivity contribution in [1.29, 1.82) is 0 Å². The Balaban J connectivity index is 0.000000174. The molecular formula is C56H62N8O6. The number of amides is 4. The highest BCUT2D eigenvalue weighted by Gasteiger charge is 2.29. The summed E-state index contributed by atoms with van der Waals surface area (Å²) in [5.41, 5.74) is 13.9. The molecule has 4 amide bonds. The van der Waals surface area contributed by atoms with Crippen molar-refractivity contribution in [3.63, 3.8) is 0 Å². The van der Waals surface area contributed by atoms with Crippen LogP contribution in [0.15, 0.2) is 97.3 Å². The third-order valence-corrected chi connectivity index (χ3v) is 14.6. The molecular weight excluding hydrogens is 881 g/mol. The zero-order valence-corrected chi connectivity index (χ0v) is 40.7. The first kappa shape index (κ1) is 47.9. The molecule has 6 heterocycles. The fraction of sp³-hybridized carbons (Fsp3) is 0.375. The standard InChI is InChI=1S/C28H32N4O3.C28H30N4O3/c2*1-19-15-22(8-7-20(19)9-10-27(34)31-13-11-24(33)12-14-31)28(35)32-18-23-17-29-30(2)26(23)16-21-5-3-4-6-25(21)32/h3-8,15,17,24,33H,9-14,16,18H2,1-2H3;3-8,15,17H,9-14,16,18H2,1-2H3. The van der Waals surface area contributed by atoms with Crippen LogP contribution in [0.4, 0.5) is 11.4 Å². The smallest absolute Gasteiger partial charge is 0.258 e. The van der Waals surface area contributed by atoms with Gasteiger partial charge >= 0.3 is 0 Å². The lowest BCUT2D eigenvalue weighted by atomic mass is 9.99. The number of anilines is 2. The Morgan fingerprint density at radius 2 is 1.01 bits per heavy atom. The first-order valence-corrected chi connectivity index (χ1v) is 24.5. The molecule has 0 bridgehead atoms. The summed E-state index contributed by atoms with van der Waals surface area (Å²) < 4.78 is 3.79. The molecule has 0 aliphatic carbocycles. The van der Waals surface area contributed by atoms with Gasteiger partial charge in [0.2, 0.25) is 11.8 Å². The highest BCUT2D eigenvalue weighted by molar-refractivity contribution is 6.07. The second-order valence-electron chi connectivity index (χ2n) is 19.2. The number of fused-ring (bicyclic) bond motifs is 4. The maximum absolute atomic E-state index is 13.7. The number of hydrogen-bond donors (Lipinski definition) is 1. The molecule has 2 saturated heterocycles. The van der Waals surface area contributed by atoms with Gasteiger partial charge in [0.15, 0.2) is 0 Å². The zero-order chi connectivity index (χ0) is 49.1. The quantitative estimate of drug-likeness (QED) is 0.171. The number of carbonyl (C=O) groups is 5. The normalized spacial score (nSPS) is 15.7. The van der Waals surface area contributed by atoms with Gasteiger partial charge in [0.25, 0.3) is 11.8 Å². The summed E-state index contributed by atoms with van der Waals surface area (Å²) in [5, 5.41) is 18.5. The molecule has 70 heavy (non-hydrogen) atoms. The van der Waals surface area contributed by atoms with Crippen LogP contribution in [0, 0.1) is 13.8 Å². The van der Waals surface area contributed by atoms with E-state index in [1.54, 1.807) is 4.90 Å². The van der Waals surface area contributed by atoms with E-state index in [1.807, 2.05) is 137 Å². The fourth-order valence-corrected chi connectivity index (χ4v) is 10.3. The van der Waals surface area contributed by atoms with Crippen molar-refractivity contribution in [3.05, 3.63) is 164 Å². The van der Waals surface area contributed by atoms with Crippen molar-refractivity contribution in [2.24, 2.45) is 14.1 Å². The number of ketones is 1. The maximum Gasteiger partial charge on any atom is 0.258 e. The summed E-state index contributed by atoms with van der Waals surface area (Å²) in [6.07, 6.45) is 9.25. The highest BCUT2D eigenvalue weighted by Crippen LogP contribution is 2.34. The van der Waals surface area contributed by atoms with Crippen LogP contribution in [0.25, 0.3) is 0 Å². The van der Waals surface area contributed by atoms with Crippen LogP contribution in [0.3, 0.4) is 0 Å². The number of aromatic nitrogens is 4. The number of aryl methyl sites for hydroxylation is 6. The van der Waals surface area contributed by atoms with E-state index in [2.05, 4.69) is 22.3 Å². The second-order valence-corrected chi connectivity index (χ2v) is 19.2. The Kier molecular flexibility index (Phi) is 14.2. The number of rotatable bonds is 8. The van der Waals surface area contributed by atoms with Gasteiger partial charge in [-0.2, -0.15) is 10.2 Å². The van der Waals surface area contributed by atoms with Gasteiger partial charge in [0.05, 0.1) is 31.6 Å².